The van der Waals surface area contributed by atoms with Crippen LogP contribution in [0.2, 0.25) is 0 Å². The number of rotatable bonds is 4. The van der Waals surface area contributed by atoms with Crippen molar-refractivity contribution >= 4 is 6.08 Å². The summed E-state index contributed by atoms with van der Waals surface area (Å²) >= 11 is 0. The topological polar surface area (TPSA) is 28.3 Å². The van der Waals surface area contributed by atoms with Crippen molar-refractivity contribution in [2.45, 2.75) is 58.6 Å². The second kappa shape index (κ2) is 5.74. The largest absolute Gasteiger partial charge is 0.360 e. The van der Waals surface area contributed by atoms with Crippen molar-refractivity contribution in [1.29, 1.82) is 0 Å². The van der Waals surface area contributed by atoms with Gasteiger partial charge in [-0.1, -0.05) is 6.58 Å². The second-order valence-corrected chi connectivity index (χ2v) is 6.86. The van der Waals surface area contributed by atoms with Crippen LogP contribution in [-0.4, -0.2) is 35.3 Å². The molecule has 0 radical (unpaired) electrons. The van der Waals surface area contributed by atoms with Gasteiger partial charge in [-0.25, -0.2) is 0 Å². The molecule has 1 aromatic heterocycles. The highest BCUT2D eigenvalue weighted by molar-refractivity contribution is 5.53. The summed E-state index contributed by atoms with van der Waals surface area (Å²) in [6.45, 7) is 13.1. The highest BCUT2D eigenvalue weighted by Gasteiger charge is 2.26. The Kier molecular flexibility index (Phi) is 4.40. The number of likely N-dealkylation sites (N-methyl/N-ethyl adjacent to an activating group) is 1. The molecule has 0 bridgehead atoms. The van der Waals surface area contributed by atoms with E-state index in [-0.39, 0.29) is 5.60 Å². The van der Waals surface area contributed by atoms with Crippen LogP contribution < -0.4 is 0 Å². The van der Waals surface area contributed by atoms with Crippen molar-refractivity contribution in [3.05, 3.63) is 29.1 Å². The number of nitrogens with zero attached hydrogens (tertiary/aromatic N) is 1. The fraction of sp³-hybridized carbons (Fsp3) is 0.647. The van der Waals surface area contributed by atoms with Gasteiger partial charge in [0.15, 0.2) is 0 Å². The lowest BCUT2D eigenvalue weighted by Gasteiger charge is -2.33. The Bertz CT molecular complexity index is 482. The summed E-state index contributed by atoms with van der Waals surface area (Å²) in [5, 5.41) is 0. The molecule has 1 aromatic rings. The fourth-order valence-electron chi connectivity index (χ4n) is 2.84. The maximum atomic E-state index is 5.89. The molecule has 2 rings (SSSR count). The number of fused-ring (bicyclic) bond motifs is 1. The summed E-state index contributed by atoms with van der Waals surface area (Å²) in [5.41, 5.74) is 5.36. The molecule has 1 atom stereocenters. The van der Waals surface area contributed by atoms with Gasteiger partial charge in [0.2, 0.25) is 0 Å². The van der Waals surface area contributed by atoms with Crippen LogP contribution in [0, 0.1) is 6.92 Å². The second-order valence-electron chi connectivity index (χ2n) is 6.86. The first kappa shape index (κ1) is 15.3. The van der Waals surface area contributed by atoms with Gasteiger partial charge in [0.25, 0.3) is 0 Å². The normalized spacial score (nSPS) is 19.2. The number of H-pyrrole nitrogens is 1. The van der Waals surface area contributed by atoms with Crippen molar-refractivity contribution < 1.29 is 4.74 Å². The van der Waals surface area contributed by atoms with Gasteiger partial charge in [0.1, 0.15) is 0 Å². The minimum absolute atomic E-state index is 0.0753. The van der Waals surface area contributed by atoms with Crippen LogP contribution in [-0.2, 0) is 17.6 Å². The number of nitrogens with one attached hydrogen (secondary N) is 1. The van der Waals surface area contributed by atoms with Gasteiger partial charge >= 0.3 is 0 Å². The molecule has 0 aromatic carbocycles. The van der Waals surface area contributed by atoms with Crippen molar-refractivity contribution in [2.24, 2.45) is 0 Å². The van der Waals surface area contributed by atoms with Crippen LogP contribution in [0.3, 0.4) is 0 Å². The van der Waals surface area contributed by atoms with Crippen LogP contribution in [0.15, 0.2) is 6.58 Å². The highest BCUT2D eigenvalue weighted by Crippen LogP contribution is 2.29. The van der Waals surface area contributed by atoms with Gasteiger partial charge in [0.05, 0.1) is 12.3 Å². The molecule has 0 aliphatic heterocycles. The summed E-state index contributed by atoms with van der Waals surface area (Å²) in [4.78, 5) is 5.84. The molecule has 0 amide bonds. The molecule has 0 fully saturated rings. The Hall–Kier alpha value is -1.06. The van der Waals surface area contributed by atoms with E-state index in [1.807, 2.05) is 6.08 Å². The third-order valence-electron chi connectivity index (χ3n) is 4.20. The van der Waals surface area contributed by atoms with E-state index in [9.17, 15) is 0 Å². The summed E-state index contributed by atoms with van der Waals surface area (Å²) in [5.74, 6) is 0. The number of aromatic nitrogens is 1. The molecule has 0 saturated carbocycles. The smallest absolute Gasteiger partial charge is 0.0997 e. The third-order valence-corrected chi connectivity index (χ3v) is 4.20. The van der Waals surface area contributed by atoms with Crippen LogP contribution in [0.4, 0.5) is 0 Å². The first-order valence-corrected chi connectivity index (χ1v) is 7.48. The Morgan fingerprint density at radius 3 is 2.75 bits per heavy atom. The zero-order valence-electron chi connectivity index (χ0n) is 13.5. The van der Waals surface area contributed by atoms with E-state index in [0.717, 1.165) is 12.8 Å². The SMILES string of the molecule is C=Cc1[nH]c2c(c1C)CC(N(C)COC(C)(C)C)CC2. The summed E-state index contributed by atoms with van der Waals surface area (Å²) in [7, 11) is 2.16. The van der Waals surface area contributed by atoms with E-state index in [4.69, 9.17) is 4.74 Å². The van der Waals surface area contributed by atoms with Crippen LogP contribution >= 0.6 is 0 Å². The monoisotopic (exact) mass is 276 g/mol. The Labute approximate surface area is 123 Å². The van der Waals surface area contributed by atoms with Crippen molar-refractivity contribution in [2.75, 3.05) is 13.8 Å². The molecule has 0 spiro atoms. The average Bonchev–Trinajstić information content (AvgIpc) is 2.71. The van der Waals surface area contributed by atoms with Gasteiger partial charge in [-0.15, -0.1) is 0 Å². The lowest BCUT2D eigenvalue weighted by Crippen LogP contribution is -2.40. The zero-order valence-corrected chi connectivity index (χ0v) is 13.5. The van der Waals surface area contributed by atoms with E-state index < -0.39 is 0 Å². The summed E-state index contributed by atoms with van der Waals surface area (Å²) < 4.78 is 5.89. The van der Waals surface area contributed by atoms with Gasteiger partial charge in [-0.05, 0) is 71.2 Å². The summed E-state index contributed by atoms with van der Waals surface area (Å²) in [6, 6.07) is 0.567. The maximum absolute atomic E-state index is 5.89. The number of aryl methyl sites for hydroxylation is 1. The minimum atomic E-state index is -0.0753. The van der Waals surface area contributed by atoms with Crippen molar-refractivity contribution in [3.63, 3.8) is 0 Å². The number of hydrogen-bond acceptors (Lipinski definition) is 2. The van der Waals surface area contributed by atoms with Crippen LogP contribution in [0.1, 0.15) is 49.7 Å². The fourth-order valence-corrected chi connectivity index (χ4v) is 2.84. The highest BCUT2D eigenvalue weighted by atomic mass is 16.5. The first-order chi connectivity index (χ1) is 9.31. The molecular weight excluding hydrogens is 248 g/mol. The van der Waals surface area contributed by atoms with Gasteiger partial charge in [-0.3, -0.25) is 4.90 Å². The Balaban J connectivity index is 2.03. The van der Waals surface area contributed by atoms with Crippen LogP contribution in [0.25, 0.3) is 6.08 Å². The Morgan fingerprint density at radius 2 is 2.15 bits per heavy atom. The predicted octanol–water partition coefficient (Wildman–Crippen LogP) is 3.53. The van der Waals surface area contributed by atoms with Crippen LogP contribution in [0.5, 0.6) is 0 Å². The molecule has 1 aliphatic rings. The molecule has 0 saturated heterocycles. The predicted molar refractivity (Wildman–Crippen MR) is 84.9 cm³/mol. The van der Waals surface area contributed by atoms with Gasteiger partial charge < -0.3 is 9.72 Å². The molecule has 1 heterocycles. The zero-order chi connectivity index (χ0) is 14.9. The number of ether oxygens (including phenoxy) is 1. The molecule has 1 N–H and O–H groups in total. The molecule has 20 heavy (non-hydrogen) atoms. The summed E-state index contributed by atoms with van der Waals surface area (Å²) in [6.07, 6.45) is 5.34. The van der Waals surface area contributed by atoms with E-state index in [0.29, 0.717) is 12.8 Å². The number of hydrogen-bond donors (Lipinski definition) is 1. The van der Waals surface area contributed by atoms with Gasteiger partial charge in [-0.2, -0.15) is 0 Å². The van der Waals surface area contributed by atoms with E-state index >= 15 is 0 Å². The first-order valence-electron chi connectivity index (χ1n) is 7.48. The molecular formula is C17H28N2O. The number of aromatic amines is 1. The van der Waals surface area contributed by atoms with E-state index in [1.165, 1.54) is 28.9 Å². The third kappa shape index (κ3) is 3.33. The van der Waals surface area contributed by atoms with E-state index in [2.05, 4.69) is 51.2 Å². The van der Waals surface area contributed by atoms with Crippen molar-refractivity contribution in [3.8, 4) is 0 Å². The lowest BCUT2D eigenvalue weighted by molar-refractivity contribution is -0.0685. The average molecular weight is 276 g/mol. The molecule has 112 valence electrons. The van der Waals surface area contributed by atoms with Gasteiger partial charge in [0, 0.05) is 17.4 Å². The quantitative estimate of drug-likeness (QED) is 0.852. The Morgan fingerprint density at radius 1 is 1.45 bits per heavy atom. The minimum Gasteiger partial charge on any atom is -0.360 e. The molecule has 1 aliphatic carbocycles. The standard InChI is InChI=1S/C17H28N2O/c1-7-15-12(2)14-10-13(8-9-16(14)18-15)19(6)11-20-17(3,4)5/h7,13,18H,1,8-11H2,2-6H3. The molecule has 3 heteroatoms. The molecule has 1 unspecified atom stereocenters. The van der Waals surface area contributed by atoms with E-state index in [1.54, 1.807) is 0 Å². The van der Waals surface area contributed by atoms with Crippen molar-refractivity contribution in [1.82, 2.24) is 9.88 Å². The molecule has 3 nitrogen and oxygen atoms in total. The lowest BCUT2D eigenvalue weighted by atomic mass is 9.90. The maximum Gasteiger partial charge on any atom is 0.0997 e.